The highest BCUT2D eigenvalue weighted by atomic mass is 19.1. The zero-order valence-corrected chi connectivity index (χ0v) is 17.4. The summed E-state index contributed by atoms with van der Waals surface area (Å²) in [7, 11) is 0. The number of hydrogen-bond acceptors (Lipinski definition) is 8. The fourth-order valence-corrected chi connectivity index (χ4v) is 4.24. The topological polar surface area (TPSA) is 125 Å². The second kappa shape index (κ2) is 8.12. The van der Waals surface area contributed by atoms with E-state index in [2.05, 4.69) is 25.3 Å². The number of anilines is 2. The number of benzene rings is 2. The van der Waals surface area contributed by atoms with Crippen molar-refractivity contribution in [2.75, 3.05) is 37.2 Å². The van der Waals surface area contributed by atoms with Gasteiger partial charge in [0, 0.05) is 25.6 Å². The van der Waals surface area contributed by atoms with Gasteiger partial charge in [0.1, 0.15) is 11.6 Å². The molecule has 1 fully saturated rings. The van der Waals surface area contributed by atoms with Gasteiger partial charge < -0.3 is 26.2 Å². The minimum absolute atomic E-state index is 0.0847. The number of aromatic hydroxyl groups is 2. The Morgan fingerprint density at radius 1 is 1.06 bits per heavy atom. The minimum atomic E-state index is -0.404. The molecule has 0 spiro atoms. The number of halogens is 1. The molecule has 1 aliphatic heterocycles. The number of nitrogens with zero attached hydrogens (tertiary/aromatic N) is 5. The quantitative estimate of drug-likeness (QED) is 0.339. The molecule has 32 heavy (non-hydrogen) atoms. The standard InChI is InChI=1S/C22H24FN7O2/c23-14-11-15(25-5-8-29-6-1-2-7-29)20-16(12-14)26-19(30-21(20)27-22(24)28-30)10-13-3-4-17(31)18(32)9-13/h3-4,9,11-12,25,31-32H,1-2,5-8,10H2,(H2,24,28). The van der Waals surface area contributed by atoms with Crippen molar-refractivity contribution in [2.24, 2.45) is 0 Å². The molecule has 4 aromatic rings. The zero-order chi connectivity index (χ0) is 22.2. The molecule has 0 unspecified atom stereocenters. The van der Waals surface area contributed by atoms with Gasteiger partial charge >= 0.3 is 0 Å². The number of fused-ring (bicyclic) bond motifs is 3. The van der Waals surface area contributed by atoms with Crippen LogP contribution < -0.4 is 11.1 Å². The van der Waals surface area contributed by atoms with Crippen LogP contribution in [-0.4, -0.2) is 60.9 Å². The summed E-state index contributed by atoms with van der Waals surface area (Å²) >= 11 is 0. The van der Waals surface area contributed by atoms with Crippen LogP contribution in [0.15, 0.2) is 30.3 Å². The molecule has 0 bridgehead atoms. The molecule has 10 heteroatoms. The number of phenols is 2. The molecule has 2 aromatic heterocycles. The van der Waals surface area contributed by atoms with Gasteiger partial charge in [-0.2, -0.15) is 9.50 Å². The van der Waals surface area contributed by atoms with E-state index in [4.69, 9.17) is 5.73 Å². The van der Waals surface area contributed by atoms with Gasteiger partial charge in [0.2, 0.25) is 5.95 Å². The predicted molar refractivity (Wildman–Crippen MR) is 119 cm³/mol. The Kier molecular flexibility index (Phi) is 5.14. The van der Waals surface area contributed by atoms with Crippen molar-refractivity contribution in [3.05, 3.63) is 47.5 Å². The first kappa shape index (κ1) is 20.3. The lowest BCUT2D eigenvalue weighted by molar-refractivity contribution is 0.353. The summed E-state index contributed by atoms with van der Waals surface area (Å²) in [6.07, 6.45) is 2.71. The average Bonchev–Trinajstić information content (AvgIpc) is 3.40. The van der Waals surface area contributed by atoms with Crippen molar-refractivity contribution in [1.82, 2.24) is 24.5 Å². The Morgan fingerprint density at radius 3 is 2.66 bits per heavy atom. The first-order valence-corrected chi connectivity index (χ1v) is 10.6. The predicted octanol–water partition coefficient (Wildman–Crippen LogP) is 2.51. The van der Waals surface area contributed by atoms with Crippen LogP contribution in [0, 0.1) is 5.82 Å². The summed E-state index contributed by atoms with van der Waals surface area (Å²) in [4.78, 5) is 11.4. The van der Waals surface area contributed by atoms with Gasteiger partial charge in [0.05, 0.1) is 16.6 Å². The molecule has 5 N–H and O–H groups in total. The lowest BCUT2D eigenvalue weighted by Crippen LogP contribution is -2.26. The van der Waals surface area contributed by atoms with Crippen LogP contribution in [0.4, 0.5) is 16.0 Å². The van der Waals surface area contributed by atoms with Gasteiger partial charge in [-0.1, -0.05) is 6.07 Å². The van der Waals surface area contributed by atoms with Gasteiger partial charge in [0.25, 0.3) is 0 Å². The van der Waals surface area contributed by atoms with Crippen molar-refractivity contribution in [2.45, 2.75) is 19.3 Å². The highest BCUT2D eigenvalue weighted by Gasteiger charge is 2.18. The smallest absolute Gasteiger partial charge is 0.240 e. The van der Waals surface area contributed by atoms with Crippen molar-refractivity contribution in [3.63, 3.8) is 0 Å². The van der Waals surface area contributed by atoms with Gasteiger partial charge in [-0.15, -0.1) is 5.10 Å². The fraction of sp³-hybridized carbons (Fsp3) is 0.318. The second-order valence-corrected chi connectivity index (χ2v) is 8.06. The molecule has 1 saturated heterocycles. The first-order valence-electron chi connectivity index (χ1n) is 10.6. The van der Waals surface area contributed by atoms with E-state index in [9.17, 15) is 14.6 Å². The van der Waals surface area contributed by atoms with E-state index in [-0.39, 0.29) is 23.9 Å². The number of nitrogens with two attached hydrogens (primary N) is 1. The second-order valence-electron chi connectivity index (χ2n) is 8.06. The maximum Gasteiger partial charge on any atom is 0.240 e. The highest BCUT2D eigenvalue weighted by molar-refractivity contribution is 6.01. The first-order chi connectivity index (χ1) is 15.5. The number of rotatable bonds is 6. The number of likely N-dealkylation sites (tertiary alicyclic amines) is 1. The van der Waals surface area contributed by atoms with Gasteiger partial charge in [0.15, 0.2) is 17.1 Å². The van der Waals surface area contributed by atoms with Crippen molar-refractivity contribution in [1.29, 1.82) is 0 Å². The molecular formula is C22H24FN7O2. The molecule has 3 heterocycles. The Bertz CT molecular complexity index is 1300. The summed E-state index contributed by atoms with van der Waals surface area (Å²) in [5, 5.41) is 27.6. The number of phenolic OH excluding ortho intramolecular Hbond substituents is 2. The monoisotopic (exact) mass is 437 g/mol. The third-order valence-electron chi connectivity index (χ3n) is 5.77. The zero-order valence-electron chi connectivity index (χ0n) is 17.4. The molecule has 9 nitrogen and oxygen atoms in total. The molecular weight excluding hydrogens is 413 g/mol. The number of nitrogen functional groups attached to an aromatic ring is 1. The number of aromatic nitrogens is 4. The Hall–Kier alpha value is -3.66. The molecule has 0 aliphatic carbocycles. The average molecular weight is 437 g/mol. The molecule has 0 amide bonds. The van der Waals surface area contributed by atoms with Gasteiger partial charge in [-0.25, -0.2) is 9.37 Å². The highest BCUT2D eigenvalue weighted by Crippen LogP contribution is 2.30. The van der Waals surface area contributed by atoms with Gasteiger partial charge in [-0.05, 0) is 49.7 Å². The number of hydrogen-bond donors (Lipinski definition) is 4. The molecule has 0 atom stereocenters. The van der Waals surface area contributed by atoms with Crippen LogP contribution in [0.2, 0.25) is 0 Å². The van der Waals surface area contributed by atoms with E-state index >= 15 is 0 Å². The van der Waals surface area contributed by atoms with E-state index in [1.165, 1.54) is 37.1 Å². The van der Waals surface area contributed by atoms with Crippen LogP contribution >= 0.6 is 0 Å². The number of nitrogens with one attached hydrogen (secondary N) is 1. The third-order valence-corrected chi connectivity index (χ3v) is 5.77. The molecule has 0 saturated carbocycles. The maximum absolute atomic E-state index is 14.5. The van der Waals surface area contributed by atoms with Crippen molar-refractivity contribution >= 4 is 28.2 Å². The van der Waals surface area contributed by atoms with Crippen LogP contribution in [-0.2, 0) is 6.42 Å². The van der Waals surface area contributed by atoms with Crippen LogP contribution in [0.25, 0.3) is 16.6 Å². The SMILES string of the molecule is Nc1nc2c3c(NCCN4CCCC4)cc(F)cc3nc(Cc3ccc(O)c(O)c3)n2n1. The van der Waals surface area contributed by atoms with Crippen LogP contribution in [0.1, 0.15) is 24.2 Å². The Balaban J connectivity index is 1.55. The van der Waals surface area contributed by atoms with E-state index in [0.717, 1.165) is 19.6 Å². The molecule has 1 aliphatic rings. The van der Waals surface area contributed by atoms with E-state index in [1.807, 2.05) is 0 Å². The minimum Gasteiger partial charge on any atom is -0.504 e. The summed E-state index contributed by atoms with van der Waals surface area (Å²) in [6.45, 7) is 3.73. The van der Waals surface area contributed by atoms with Crippen LogP contribution in [0.5, 0.6) is 11.5 Å². The molecule has 2 aromatic carbocycles. The fourth-order valence-electron chi connectivity index (χ4n) is 4.24. The molecule has 0 radical (unpaired) electrons. The van der Waals surface area contributed by atoms with Crippen molar-refractivity contribution < 1.29 is 14.6 Å². The summed E-state index contributed by atoms with van der Waals surface area (Å²) in [5.41, 5.74) is 8.12. The van der Waals surface area contributed by atoms with E-state index in [1.54, 1.807) is 10.6 Å². The normalized spacial score (nSPS) is 14.5. The largest absolute Gasteiger partial charge is 0.504 e. The summed E-state index contributed by atoms with van der Waals surface area (Å²) < 4.78 is 16.0. The van der Waals surface area contributed by atoms with Crippen molar-refractivity contribution in [3.8, 4) is 11.5 Å². The summed E-state index contributed by atoms with van der Waals surface area (Å²) in [5.74, 6) is -0.272. The van der Waals surface area contributed by atoms with Crippen LogP contribution in [0.3, 0.4) is 0 Å². The van der Waals surface area contributed by atoms with Gasteiger partial charge in [-0.3, -0.25) is 0 Å². The molecule has 166 valence electrons. The van der Waals surface area contributed by atoms with E-state index < -0.39 is 5.82 Å². The lowest BCUT2D eigenvalue weighted by Gasteiger charge is -2.17. The Morgan fingerprint density at radius 2 is 1.88 bits per heavy atom. The maximum atomic E-state index is 14.5. The lowest BCUT2D eigenvalue weighted by atomic mass is 10.1. The van der Waals surface area contributed by atoms with E-state index in [0.29, 0.717) is 40.2 Å². The summed E-state index contributed by atoms with van der Waals surface area (Å²) in [6, 6.07) is 7.33. The Labute approximate surface area is 183 Å². The molecule has 5 rings (SSSR count). The third kappa shape index (κ3) is 3.84.